The minimum absolute atomic E-state index is 0.0540. The van der Waals surface area contributed by atoms with Crippen molar-refractivity contribution in [3.05, 3.63) is 42.2 Å². The summed E-state index contributed by atoms with van der Waals surface area (Å²) in [5.74, 6) is 0.381. The zero-order chi connectivity index (χ0) is 17.8. The number of nitrogens with two attached hydrogens (primary N) is 1. The molecule has 1 amide bonds. The molecule has 132 valence electrons. The van der Waals surface area contributed by atoms with Crippen molar-refractivity contribution in [2.24, 2.45) is 0 Å². The van der Waals surface area contributed by atoms with Crippen LogP contribution in [0.2, 0.25) is 0 Å². The van der Waals surface area contributed by atoms with Gasteiger partial charge in [-0.3, -0.25) is 4.79 Å². The van der Waals surface area contributed by atoms with E-state index in [1.165, 1.54) is 0 Å². The molecule has 1 aliphatic heterocycles. The van der Waals surface area contributed by atoms with E-state index >= 15 is 0 Å². The van der Waals surface area contributed by atoms with Crippen LogP contribution in [0, 0.1) is 0 Å². The van der Waals surface area contributed by atoms with Gasteiger partial charge in [-0.25, -0.2) is 9.97 Å². The molecule has 0 spiro atoms. The molecule has 1 atom stereocenters. The second-order valence-corrected chi connectivity index (χ2v) is 6.73. The molecule has 1 aromatic heterocycles. The molecule has 1 saturated heterocycles. The van der Waals surface area contributed by atoms with Crippen LogP contribution in [0.3, 0.4) is 0 Å². The van der Waals surface area contributed by atoms with Gasteiger partial charge in [0.1, 0.15) is 0 Å². The number of nitrogens with zero attached hydrogens (tertiary/aromatic N) is 4. The van der Waals surface area contributed by atoms with Gasteiger partial charge in [0, 0.05) is 18.3 Å². The zero-order valence-corrected chi connectivity index (χ0v) is 14.9. The first-order valence-corrected chi connectivity index (χ1v) is 8.68. The van der Waals surface area contributed by atoms with Crippen molar-refractivity contribution in [3.63, 3.8) is 0 Å². The summed E-state index contributed by atoms with van der Waals surface area (Å²) in [6, 6.07) is 9.98. The number of anilines is 1. The van der Waals surface area contributed by atoms with E-state index in [9.17, 15) is 4.79 Å². The Hall–Kier alpha value is -2.47. The number of carbonyl (C=O) groups is 1. The van der Waals surface area contributed by atoms with Crippen LogP contribution in [0.4, 0.5) is 5.95 Å². The first-order valence-electron chi connectivity index (χ1n) is 8.68. The topological polar surface area (TPSA) is 75.4 Å². The molecule has 0 unspecified atom stereocenters. The van der Waals surface area contributed by atoms with Crippen LogP contribution >= 0.6 is 0 Å². The fraction of sp³-hybridized carbons (Fsp3) is 0.421. The van der Waals surface area contributed by atoms with Gasteiger partial charge in [-0.2, -0.15) is 0 Å². The van der Waals surface area contributed by atoms with Crippen molar-refractivity contribution < 1.29 is 4.79 Å². The van der Waals surface area contributed by atoms with Crippen molar-refractivity contribution in [2.75, 3.05) is 32.9 Å². The predicted octanol–water partition coefficient (Wildman–Crippen LogP) is 2.34. The first kappa shape index (κ1) is 17.4. The highest BCUT2D eigenvalue weighted by Gasteiger charge is 2.31. The Bertz CT molecular complexity index is 732. The number of benzene rings is 1. The maximum Gasteiger partial charge on any atom is 0.237 e. The SMILES string of the molecule is CN(C)CC(=O)N1CCCC[C@@H]1c1nc(N)ncc1-c1ccccc1. The molecule has 2 N–H and O–H groups in total. The van der Waals surface area contributed by atoms with Gasteiger partial charge in [0.15, 0.2) is 0 Å². The summed E-state index contributed by atoms with van der Waals surface area (Å²) in [7, 11) is 3.82. The molecule has 1 fully saturated rings. The van der Waals surface area contributed by atoms with E-state index in [0.29, 0.717) is 6.54 Å². The number of carbonyl (C=O) groups excluding carboxylic acids is 1. The molecule has 3 rings (SSSR count). The van der Waals surface area contributed by atoms with Gasteiger partial charge in [-0.1, -0.05) is 30.3 Å². The lowest BCUT2D eigenvalue weighted by Gasteiger charge is -2.37. The third-order valence-electron chi connectivity index (χ3n) is 4.51. The number of nitrogen functional groups attached to an aromatic ring is 1. The average Bonchev–Trinajstić information content (AvgIpc) is 2.62. The summed E-state index contributed by atoms with van der Waals surface area (Å²) >= 11 is 0. The fourth-order valence-corrected chi connectivity index (χ4v) is 3.38. The molecule has 2 heterocycles. The predicted molar refractivity (Wildman–Crippen MR) is 98.7 cm³/mol. The highest BCUT2D eigenvalue weighted by Crippen LogP contribution is 2.35. The number of piperidine rings is 1. The highest BCUT2D eigenvalue weighted by atomic mass is 16.2. The monoisotopic (exact) mass is 339 g/mol. The molecule has 1 aromatic carbocycles. The smallest absolute Gasteiger partial charge is 0.237 e. The van der Waals surface area contributed by atoms with E-state index in [4.69, 9.17) is 5.73 Å². The van der Waals surface area contributed by atoms with Gasteiger partial charge in [0.2, 0.25) is 11.9 Å². The largest absolute Gasteiger partial charge is 0.368 e. The highest BCUT2D eigenvalue weighted by molar-refractivity contribution is 5.79. The Kier molecular flexibility index (Phi) is 5.28. The molecule has 25 heavy (non-hydrogen) atoms. The Morgan fingerprint density at radius 1 is 1.28 bits per heavy atom. The van der Waals surface area contributed by atoms with Crippen LogP contribution < -0.4 is 5.73 Å². The van der Waals surface area contributed by atoms with Crippen molar-refractivity contribution in [3.8, 4) is 11.1 Å². The van der Waals surface area contributed by atoms with Crippen LogP contribution in [0.5, 0.6) is 0 Å². The van der Waals surface area contributed by atoms with Gasteiger partial charge in [0.05, 0.1) is 18.3 Å². The van der Waals surface area contributed by atoms with Crippen molar-refractivity contribution >= 4 is 11.9 Å². The first-order chi connectivity index (χ1) is 12.1. The molecule has 6 nitrogen and oxygen atoms in total. The fourth-order valence-electron chi connectivity index (χ4n) is 3.38. The number of rotatable bonds is 4. The number of hydrogen-bond donors (Lipinski definition) is 1. The van der Waals surface area contributed by atoms with Gasteiger partial charge >= 0.3 is 0 Å². The Labute approximate surface area is 148 Å². The van der Waals surface area contributed by atoms with Crippen LogP contribution in [0.25, 0.3) is 11.1 Å². The van der Waals surface area contributed by atoms with Crippen LogP contribution in [0.15, 0.2) is 36.5 Å². The van der Waals surface area contributed by atoms with Crippen LogP contribution in [0.1, 0.15) is 31.0 Å². The average molecular weight is 339 g/mol. The van der Waals surface area contributed by atoms with Crippen molar-refractivity contribution in [2.45, 2.75) is 25.3 Å². The van der Waals surface area contributed by atoms with Crippen molar-refractivity contribution in [1.82, 2.24) is 19.8 Å². The third-order valence-corrected chi connectivity index (χ3v) is 4.51. The van der Waals surface area contributed by atoms with Gasteiger partial charge in [0.25, 0.3) is 0 Å². The summed E-state index contributed by atoms with van der Waals surface area (Å²) < 4.78 is 0. The number of likely N-dealkylation sites (tertiary alicyclic amines) is 1. The molecule has 0 bridgehead atoms. The lowest BCUT2D eigenvalue weighted by atomic mass is 9.93. The quantitative estimate of drug-likeness (QED) is 0.925. The minimum atomic E-state index is -0.0540. The lowest BCUT2D eigenvalue weighted by Crippen LogP contribution is -2.43. The molecule has 0 radical (unpaired) electrons. The zero-order valence-electron chi connectivity index (χ0n) is 14.9. The van der Waals surface area contributed by atoms with Crippen molar-refractivity contribution in [1.29, 1.82) is 0 Å². The van der Waals surface area contributed by atoms with E-state index in [0.717, 1.165) is 42.6 Å². The number of likely N-dealkylation sites (N-methyl/N-ethyl adjacent to an activating group) is 1. The van der Waals surface area contributed by atoms with Crippen LogP contribution in [-0.2, 0) is 4.79 Å². The Balaban J connectivity index is 2.01. The number of hydrogen-bond acceptors (Lipinski definition) is 5. The molecule has 0 aliphatic carbocycles. The maximum atomic E-state index is 12.7. The summed E-state index contributed by atoms with van der Waals surface area (Å²) in [6.45, 7) is 1.16. The van der Waals surface area contributed by atoms with Gasteiger partial charge in [-0.05, 0) is 38.9 Å². The van der Waals surface area contributed by atoms with Gasteiger partial charge < -0.3 is 15.5 Å². The molecular formula is C19H25N5O. The molecule has 0 saturated carbocycles. The van der Waals surface area contributed by atoms with E-state index in [1.807, 2.05) is 54.2 Å². The summed E-state index contributed by atoms with van der Waals surface area (Å²) in [4.78, 5) is 25.3. The number of amides is 1. The van der Waals surface area contributed by atoms with Gasteiger partial charge in [-0.15, -0.1) is 0 Å². The van der Waals surface area contributed by atoms with E-state index < -0.39 is 0 Å². The Morgan fingerprint density at radius 2 is 2.04 bits per heavy atom. The lowest BCUT2D eigenvalue weighted by molar-refractivity contribution is -0.135. The molecular weight excluding hydrogens is 314 g/mol. The third kappa shape index (κ3) is 3.96. The standard InChI is InChI=1S/C19H25N5O/c1-23(2)13-17(25)24-11-7-6-10-16(24)18-15(12-21-19(20)22-18)14-8-4-3-5-9-14/h3-5,8-9,12,16H,6-7,10-11,13H2,1-2H3,(H2,20,21,22)/t16-/m1/s1. The molecule has 1 aliphatic rings. The summed E-state index contributed by atoms with van der Waals surface area (Å²) in [6.07, 6.45) is 4.77. The molecule has 2 aromatic rings. The maximum absolute atomic E-state index is 12.7. The second-order valence-electron chi connectivity index (χ2n) is 6.73. The molecule has 6 heteroatoms. The number of aromatic nitrogens is 2. The van der Waals surface area contributed by atoms with E-state index in [1.54, 1.807) is 6.20 Å². The Morgan fingerprint density at radius 3 is 2.76 bits per heavy atom. The van der Waals surface area contributed by atoms with Crippen LogP contribution in [-0.4, -0.2) is 52.9 Å². The summed E-state index contributed by atoms with van der Waals surface area (Å²) in [5, 5.41) is 0. The van der Waals surface area contributed by atoms with E-state index in [-0.39, 0.29) is 17.9 Å². The summed E-state index contributed by atoms with van der Waals surface area (Å²) in [5.41, 5.74) is 8.73. The minimum Gasteiger partial charge on any atom is -0.368 e. The van der Waals surface area contributed by atoms with E-state index in [2.05, 4.69) is 9.97 Å². The second kappa shape index (κ2) is 7.61. The normalized spacial score (nSPS) is 17.7.